The van der Waals surface area contributed by atoms with Crippen molar-refractivity contribution >= 4 is 11.8 Å². The quantitative estimate of drug-likeness (QED) is 0.634. The van der Waals surface area contributed by atoms with Crippen LogP contribution in [-0.2, 0) is 11.2 Å². The highest BCUT2D eigenvalue weighted by Crippen LogP contribution is 2.28. The third-order valence-corrected chi connectivity index (χ3v) is 5.42. The molecular formula is C19H28N6O2. The number of nitrogens with one attached hydrogen (secondary N) is 2. The molecule has 0 aromatic carbocycles. The zero-order valence-corrected chi connectivity index (χ0v) is 16.0. The molecule has 0 spiro atoms. The molecule has 1 atom stereocenters. The number of nitrogens with zero attached hydrogens (tertiary/aromatic N) is 4. The van der Waals surface area contributed by atoms with Gasteiger partial charge in [0.1, 0.15) is 5.82 Å². The van der Waals surface area contributed by atoms with Crippen molar-refractivity contribution in [1.29, 1.82) is 0 Å². The molecule has 0 radical (unpaired) electrons. The van der Waals surface area contributed by atoms with E-state index in [0.29, 0.717) is 25.0 Å². The summed E-state index contributed by atoms with van der Waals surface area (Å²) in [7, 11) is 0. The summed E-state index contributed by atoms with van der Waals surface area (Å²) in [6.45, 7) is 7.66. The topological polar surface area (TPSA) is 99.2 Å². The standard InChI is InChI=1S/C19H28N6O2/c1-12-16(13(2)24-23-12)4-3-6-20-18-8-17(14-5-7-27-11-14)21-19(22-18)25-9-15(26)10-25/h8,14-15,26H,3-7,9-11H2,1-2H3,(H,23,24)(H,20,21,22)/t14-/m1/s1. The predicted molar refractivity (Wildman–Crippen MR) is 103 cm³/mol. The van der Waals surface area contributed by atoms with Crippen LogP contribution in [0.25, 0.3) is 0 Å². The molecule has 8 nitrogen and oxygen atoms in total. The number of ether oxygens (including phenoxy) is 1. The van der Waals surface area contributed by atoms with E-state index in [0.717, 1.165) is 61.9 Å². The molecule has 2 aromatic heterocycles. The van der Waals surface area contributed by atoms with E-state index in [-0.39, 0.29) is 6.10 Å². The number of anilines is 2. The van der Waals surface area contributed by atoms with Gasteiger partial charge in [0.25, 0.3) is 0 Å². The van der Waals surface area contributed by atoms with Crippen LogP contribution >= 0.6 is 0 Å². The summed E-state index contributed by atoms with van der Waals surface area (Å²) in [6, 6.07) is 2.05. The number of aromatic amines is 1. The van der Waals surface area contributed by atoms with Crippen molar-refractivity contribution in [1.82, 2.24) is 20.2 Å². The first-order valence-corrected chi connectivity index (χ1v) is 9.74. The average Bonchev–Trinajstić information content (AvgIpc) is 3.27. The van der Waals surface area contributed by atoms with Gasteiger partial charge in [-0.1, -0.05) is 0 Å². The fraction of sp³-hybridized carbons (Fsp3) is 0.632. The highest BCUT2D eigenvalue weighted by molar-refractivity contribution is 5.46. The normalized spacial score (nSPS) is 20.1. The number of aliphatic hydroxyl groups excluding tert-OH is 1. The molecule has 0 amide bonds. The molecule has 3 N–H and O–H groups in total. The van der Waals surface area contributed by atoms with Crippen LogP contribution in [-0.4, -0.2) is 64.2 Å². The Morgan fingerprint density at radius 1 is 1.33 bits per heavy atom. The van der Waals surface area contributed by atoms with Gasteiger partial charge in [0.2, 0.25) is 5.95 Å². The summed E-state index contributed by atoms with van der Waals surface area (Å²) in [5.74, 6) is 1.88. The fourth-order valence-electron chi connectivity index (χ4n) is 3.70. The van der Waals surface area contributed by atoms with Gasteiger partial charge in [0.15, 0.2) is 0 Å². The number of aryl methyl sites for hydroxylation is 2. The van der Waals surface area contributed by atoms with Gasteiger partial charge < -0.3 is 20.1 Å². The minimum atomic E-state index is -0.273. The second-order valence-electron chi connectivity index (χ2n) is 7.54. The molecule has 2 fully saturated rings. The molecule has 27 heavy (non-hydrogen) atoms. The molecular weight excluding hydrogens is 344 g/mol. The second-order valence-corrected chi connectivity index (χ2v) is 7.54. The van der Waals surface area contributed by atoms with E-state index in [9.17, 15) is 5.11 Å². The number of rotatable bonds is 7. The smallest absolute Gasteiger partial charge is 0.227 e. The number of hydrogen-bond acceptors (Lipinski definition) is 7. The molecule has 8 heteroatoms. The maximum absolute atomic E-state index is 9.60. The summed E-state index contributed by atoms with van der Waals surface area (Å²) in [4.78, 5) is 11.4. The van der Waals surface area contributed by atoms with Crippen LogP contribution < -0.4 is 10.2 Å². The van der Waals surface area contributed by atoms with Crippen LogP contribution in [0.1, 0.15) is 41.4 Å². The molecule has 4 heterocycles. The lowest BCUT2D eigenvalue weighted by atomic mass is 10.0. The minimum absolute atomic E-state index is 0.273. The minimum Gasteiger partial charge on any atom is -0.389 e. The zero-order valence-electron chi connectivity index (χ0n) is 16.0. The lowest BCUT2D eigenvalue weighted by Gasteiger charge is -2.36. The maximum atomic E-state index is 9.60. The Balaban J connectivity index is 1.41. The summed E-state index contributed by atoms with van der Waals surface area (Å²) in [6.07, 6.45) is 2.72. The second kappa shape index (κ2) is 7.82. The monoisotopic (exact) mass is 372 g/mol. The molecule has 146 valence electrons. The Labute approximate surface area is 159 Å². The summed E-state index contributed by atoms with van der Waals surface area (Å²) in [5, 5.41) is 20.4. The zero-order chi connectivity index (χ0) is 18.8. The highest BCUT2D eigenvalue weighted by atomic mass is 16.5. The average molecular weight is 372 g/mol. The van der Waals surface area contributed by atoms with Crippen LogP contribution in [0.3, 0.4) is 0 Å². The Kier molecular flexibility index (Phi) is 5.27. The van der Waals surface area contributed by atoms with Gasteiger partial charge in [-0.3, -0.25) is 5.10 Å². The van der Waals surface area contributed by atoms with E-state index in [1.165, 1.54) is 5.56 Å². The molecule has 2 aliphatic heterocycles. The summed E-state index contributed by atoms with van der Waals surface area (Å²) in [5.41, 5.74) is 4.56. The third-order valence-electron chi connectivity index (χ3n) is 5.42. The largest absolute Gasteiger partial charge is 0.389 e. The first-order valence-electron chi connectivity index (χ1n) is 9.74. The van der Waals surface area contributed by atoms with Gasteiger partial charge in [0, 0.05) is 43.9 Å². The molecule has 2 aliphatic rings. The van der Waals surface area contributed by atoms with Crippen LogP contribution in [0, 0.1) is 13.8 Å². The van der Waals surface area contributed by atoms with Gasteiger partial charge >= 0.3 is 0 Å². The van der Waals surface area contributed by atoms with E-state index in [1.54, 1.807) is 0 Å². The Hall–Kier alpha value is -2.19. The summed E-state index contributed by atoms with van der Waals surface area (Å²) >= 11 is 0. The van der Waals surface area contributed by atoms with Gasteiger partial charge in [-0.25, -0.2) is 4.98 Å². The van der Waals surface area contributed by atoms with Crippen molar-refractivity contribution in [2.24, 2.45) is 0 Å². The maximum Gasteiger partial charge on any atom is 0.227 e. The molecule has 0 aliphatic carbocycles. The molecule has 0 bridgehead atoms. The highest BCUT2D eigenvalue weighted by Gasteiger charge is 2.28. The molecule has 4 rings (SSSR count). The fourth-order valence-corrected chi connectivity index (χ4v) is 3.70. The molecule has 0 saturated carbocycles. The van der Waals surface area contributed by atoms with Gasteiger partial charge in [-0.05, 0) is 38.7 Å². The van der Waals surface area contributed by atoms with Crippen LogP contribution in [0.4, 0.5) is 11.8 Å². The van der Waals surface area contributed by atoms with E-state index in [2.05, 4.69) is 27.4 Å². The van der Waals surface area contributed by atoms with E-state index in [1.807, 2.05) is 17.9 Å². The van der Waals surface area contributed by atoms with Crippen molar-refractivity contribution in [3.63, 3.8) is 0 Å². The van der Waals surface area contributed by atoms with Crippen molar-refractivity contribution in [3.05, 3.63) is 28.7 Å². The first kappa shape index (κ1) is 18.2. The van der Waals surface area contributed by atoms with E-state index in [4.69, 9.17) is 9.72 Å². The lowest BCUT2D eigenvalue weighted by Crippen LogP contribution is -2.51. The van der Waals surface area contributed by atoms with Crippen LogP contribution in [0.15, 0.2) is 6.07 Å². The Morgan fingerprint density at radius 2 is 2.19 bits per heavy atom. The molecule has 2 aromatic rings. The number of aromatic nitrogens is 4. The van der Waals surface area contributed by atoms with Gasteiger partial charge in [-0.15, -0.1) is 0 Å². The Bertz CT molecular complexity index is 761. The van der Waals surface area contributed by atoms with Crippen molar-refractivity contribution in [2.75, 3.05) is 43.1 Å². The van der Waals surface area contributed by atoms with Crippen molar-refractivity contribution < 1.29 is 9.84 Å². The number of hydrogen-bond donors (Lipinski definition) is 3. The number of H-pyrrole nitrogens is 1. The van der Waals surface area contributed by atoms with Crippen LogP contribution in [0.2, 0.25) is 0 Å². The first-order chi connectivity index (χ1) is 13.1. The van der Waals surface area contributed by atoms with Crippen molar-refractivity contribution in [3.8, 4) is 0 Å². The molecule has 0 unspecified atom stereocenters. The SMILES string of the molecule is Cc1n[nH]c(C)c1CCCNc1cc([C@@H]2CCOC2)nc(N2CC(O)C2)n1. The van der Waals surface area contributed by atoms with E-state index < -0.39 is 0 Å². The van der Waals surface area contributed by atoms with Gasteiger partial charge in [-0.2, -0.15) is 10.1 Å². The van der Waals surface area contributed by atoms with E-state index >= 15 is 0 Å². The van der Waals surface area contributed by atoms with Crippen LogP contribution in [0.5, 0.6) is 0 Å². The third kappa shape index (κ3) is 4.06. The lowest BCUT2D eigenvalue weighted by molar-refractivity contribution is 0.140. The Morgan fingerprint density at radius 3 is 2.85 bits per heavy atom. The van der Waals surface area contributed by atoms with Gasteiger partial charge in [0.05, 0.1) is 24.1 Å². The summed E-state index contributed by atoms with van der Waals surface area (Å²) < 4.78 is 5.53. The predicted octanol–water partition coefficient (Wildman–Crippen LogP) is 1.55. The number of β-amino-alcohol motifs (C(OH)–C–C–N with tert-alkyl or cyclic N) is 1. The number of aliphatic hydroxyl groups is 1. The van der Waals surface area contributed by atoms with Crippen molar-refractivity contribution in [2.45, 2.75) is 45.1 Å². The molecule has 2 saturated heterocycles.